The van der Waals surface area contributed by atoms with Gasteiger partial charge in [-0.05, 0) is 25.0 Å². The van der Waals surface area contributed by atoms with Gasteiger partial charge in [0.2, 0.25) is 0 Å². The summed E-state index contributed by atoms with van der Waals surface area (Å²) in [5, 5.41) is 14.5. The summed E-state index contributed by atoms with van der Waals surface area (Å²) < 4.78 is 0. The smallest absolute Gasteiger partial charge is 0.303 e. The van der Waals surface area contributed by atoms with Gasteiger partial charge in [0.15, 0.2) is 0 Å². The molecular formula is C15H17ClN2O2. The summed E-state index contributed by atoms with van der Waals surface area (Å²) in [7, 11) is 0. The van der Waals surface area contributed by atoms with Crippen LogP contribution in [-0.2, 0) is 4.79 Å². The maximum atomic E-state index is 10.4. The van der Waals surface area contributed by atoms with Crippen molar-refractivity contribution in [3.8, 4) is 0 Å². The predicted octanol–water partition coefficient (Wildman–Crippen LogP) is 3.95. The van der Waals surface area contributed by atoms with E-state index < -0.39 is 5.97 Å². The van der Waals surface area contributed by atoms with Gasteiger partial charge in [-0.15, -0.1) is 0 Å². The highest BCUT2D eigenvalue weighted by Gasteiger charge is 2.04. The number of nitrogens with zero attached hydrogens (tertiary/aromatic N) is 1. The standard InChI is InChI=1S/C15H17ClN2O2/c16-13-6-4-5-12-11(13)8-10-18-15(12)17-9-3-1-2-7-14(19)20/h4-6,8,10H,1-3,7,9H2,(H,17,18)(H,19,20). The van der Waals surface area contributed by atoms with Gasteiger partial charge in [-0.2, -0.15) is 0 Å². The van der Waals surface area contributed by atoms with Crippen LogP contribution in [0.25, 0.3) is 10.8 Å². The Balaban J connectivity index is 1.90. The fourth-order valence-electron chi connectivity index (χ4n) is 2.09. The second-order valence-electron chi connectivity index (χ2n) is 4.63. The normalized spacial score (nSPS) is 10.7. The Labute approximate surface area is 122 Å². The van der Waals surface area contributed by atoms with Crippen molar-refractivity contribution in [1.29, 1.82) is 0 Å². The van der Waals surface area contributed by atoms with Gasteiger partial charge in [-0.25, -0.2) is 4.98 Å². The third-order valence-corrected chi connectivity index (χ3v) is 3.44. The lowest BCUT2D eigenvalue weighted by molar-refractivity contribution is -0.137. The molecule has 0 spiro atoms. The van der Waals surface area contributed by atoms with Crippen molar-refractivity contribution < 1.29 is 9.90 Å². The lowest BCUT2D eigenvalue weighted by Crippen LogP contribution is -2.04. The number of carboxylic acid groups (broad SMARTS) is 1. The molecule has 0 saturated carbocycles. The quantitative estimate of drug-likeness (QED) is 0.759. The molecule has 2 rings (SSSR count). The molecule has 0 unspecified atom stereocenters. The third-order valence-electron chi connectivity index (χ3n) is 3.11. The number of unbranched alkanes of at least 4 members (excludes halogenated alkanes) is 2. The molecule has 0 aliphatic carbocycles. The first-order chi connectivity index (χ1) is 9.68. The molecule has 5 heteroatoms. The lowest BCUT2D eigenvalue weighted by Gasteiger charge is -2.09. The van der Waals surface area contributed by atoms with Gasteiger partial charge >= 0.3 is 5.97 Å². The van der Waals surface area contributed by atoms with E-state index in [-0.39, 0.29) is 6.42 Å². The molecule has 106 valence electrons. The molecule has 1 aromatic heterocycles. The van der Waals surface area contributed by atoms with E-state index in [0.717, 1.165) is 41.0 Å². The first kappa shape index (κ1) is 14.6. The number of halogens is 1. The Kier molecular flexibility index (Phi) is 5.18. The SMILES string of the molecule is O=C(O)CCCCCNc1nccc2c(Cl)cccc12. The highest BCUT2D eigenvalue weighted by Crippen LogP contribution is 2.27. The Morgan fingerprint density at radius 3 is 2.85 bits per heavy atom. The molecular weight excluding hydrogens is 276 g/mol. The number of hydrogen-bond acceptors (Lipinski definition) is 3. The second kappa shape index (κ2) is 7.10. The van der Waals surface area contributed by atoms with Gasteiger partial charge in [0.05, 0.1) is 0 Å². The number of aliphatic carboxylic acids is 1. The van der Waals surface area contributed by atoms with Crippen molar-refractivity contribution in [2.75, 3.05) is 11.9 Å². The summed E-state index contributed by atoms with van der Waals surface area (Å²) in [6, 6.07) is 7.65. The maximum Gasteiger partial charge on any atom is 0.303 e. The van der Waals surface area contributed by atoms with E-state index >= 15 is 0 Å². The van der Waals surface area contributed by atoms with E-state index in [1.807, 2.05) is 24.3 Å². The summed E-state index contributed by atoms with van der Waals surface area (Å²) >= 11 is 6.15. The van der Waals surface area contributed by atoms with Crippen LogP contribution in [0.4, 0.5) is 5.82 Å². The van der Waals surface area contributed by atoms with Gasteiger partial charge in [-0.3, -0.25) is 4.79 Å². The van der Waals surface area contributed by atoms with E-state index in [9.17, 15) is 4.79 Å². The molecule has 4 nitrogen and oxygen atoms in total. The van der Waals surface area contributed by atoms with Crippen LogP contribution >= 0.6 is 11.6 Å². The number of pyridine rings is 1. The highest BCUT2D eigenvalue weighted by molar-refractivity contribution is 6.35. The van der Waals surface area contributed by atoms with Crippen molar-refractivity contribution in [1.82, 2.24) is 4.98 Å². The van der Waals surface area contributed by atoms with Crippen molar-refractivity contribution in [2.24, 2.45) is 0 Å². The Morgan fingerprint density at radius 2 is 2.05 bits per heavy atom. The minimum absolute atomic E-state index is 0.238. The van der Waals surface area contributed by atoms with E-state index in [2.05, 4.69) is 10.3 Å². The molecule has 2 aromatic rings. The zero-order chi connectivity index (χ0) is 14.4. The fourth-order valence-corrected chi connectivity index (χ4v) is 2.33. The molecule has 0 radical (unpaired) electrons. The number of nitrogens with one attached hydrogen (secondary N) is 1. The van der Waals surface area contributed by atoms with Crippen LogP contribution in [0.2, 0.25) is 5.02 Å². The predicted molar refractivity (Wildman–Crippen MR) is 81.3 cm³/mol. The molecule has 0 saturated heterocycles. The lowest BCUT2D eigenvalue weighted by atomic mass is 10.1. The zero-order valence-corrected chi connectivity index (χ0v) is 11.9. The summed E-state index contributed by atoms with van der Waals surface area (Å²) in [6.45, 7) is 0.776. The third kappa shape index (κ3) is 3.84. The number of fused-ring (bicyclic) bond motifs is 1. The number of carbonyl (C=O) groups is 1. The van der Waals surface area contributed by atoms with Crippen LogP contribution in [0.15, 0.2) is 30.5 Å². The highest BCUT2D eigenvalue weighted by atomic mass is 35.5. The molecule has 0 fully saturated rings. The van der Waals surface area contributed by atoms with E-state index in [1.165, 1.54) is 0 Å². The number of aromatic nitrogens is 1. The molecule has 2 N–H and O–H groups in total. The molecule has 0 bridgehead atoms. The minimum atomic E-state index is -0.733. The van der Waals surface area contributed by atoms with Crippen LogP contribution in [-0.4, -0.2) is 22.6 Å². The monoisotopic (exact) mass is 292 g/mol. The molecule has 0 amide bonds. The molecule has 1 aromatic carbocycles. The van der Waals surface area contributed by atoms with Crippen LogP contribution < -0.4 is 5.32 Å². The summed E-state index contributed by atoms with van der Waals surface area (Å²) in [4.78, 5) is 14.7. The minimum Gasteiger partial charge on any atom is -0.481 e. The summed E-state index contributed by atoms with van der Waals surface area (Å²) in [5.41, 5.74) is 0. The number of rotatable bonds is 7. The Bertz CT molecular complexity index is 601. The van der Waals surface area contributed by atoms with Gasteiger partial charge in [0, 0.05) is 35.0 Å². The largest absolute Gasteiger partial charge is 0.481 e. The topological polar surface area (TPSA) is 62.2 Å². The Morgan fingerprint density at radius 1 is 1.20 bits per heavy atom. The van der Waals surface area contributed by atoms with Crippen LogP contribution in [0.1, 0.15) is 25.7 Å². The van der Waals surface area contributed by atoms with Crippen LogP contribution in [0.5, 0.6) is 0 Å². The number of carboxylic acids is 1. The average Bonchev–Trinajstić information content (AvgIpc) is 2.43. The van der Waals surface area contributed by atoms with Crippen molar-refractivity contribution in [3.05, 3.63) is 35.5 Å². The van der Waals surface area contributed by atoms with E-state index in [0.29, 0.717) is 6.42 Å². The van der Waals surface area contributed by atoms with Crippen molar-refractivity contribution >= 4 is 34.2 Å². The molecule has 0 aliphatic rings. The number of hydrogen-bond donors (Lipinski definition) is 2. The Hall–Kier alpha value is -1.81. The molecule has 0 atom stereocenters. The maximum absolute atomic E-state index is 10.4. The number of anilines is 1. The zero-order valence-electron chi connectivity index (χ0n) is 11.1. The number of benzene rings is 1. The first-order valence-corrected chi connectivity index (χ1v) is 7.05. The van der Waals surface area contributed by atoms with Gasteiger partial charge < -0.3 is 10.4 Å². The van der Waals surface area contributed by atoms with Crippen molar-refractivity contribution in [3.63, 3.8) is 0 Å². The fraction of sp³-hybridized carbons (Fsp3) is 0.333. The summed E-state index contributed by atoms with van der Waals surface area (Å²) in [5.74, 6) is 0.0894. The van der Waals surface area contributed by atoms with E-state index in [4.69, 9.17) is 16.7 Å². The molecule has 20 heavy (non-hydrogen) atoms. The van der Waals surface area contributed by atoms with Gasteiger partial charge in [0.25, 0.3) is 0 Å². The second-order valence-corrected chi connectivity index (χ2v) is 5.03. The average molecular weight is 293 g/mol. The van der Waals surface area contributed by atoms with Crippen molar-refractivity contribution in [2.45, 2.75) is 25.7 Å². The summed E-state index contributed by atoms with van der Waals surface area (Å²) in [6.07, 6.45) is 4.51. The van der Waals surface area contributed by atoms with Gasteiger partial charge in [0.1, 0.15) is 5.82 Å². The first-order valence-electron chi connectivity index (χ1n) is 6.67. The van der Waals surface area contributed by atoms with Gasteiger partial charge in [-0.1, -0.05) is 30.2 Å². The van der Waals surface area contributed by atoms with E-state index in [1.54, 1.807) is 6.20 Å². The molecule has 1 heterocycles. The van der Waals surface area contributed by atoms with Crippen LogP contribution in [0.3, 0.4) is 0 Å². The van der Waals surface area contributed by atoms with Crippen LogP contribution in [0, 0.1) is 0 Å². The molecule has 0 aliphatic heterocycles.